The molecule has 0 spiro atoms. The van der Waals surface area contributed by atoms with E-state index in [4.69, 9.17) is 17.4 Å². The zero-order valence-corrected chi connectivity index (χ0v) is 9.53. The third-order valence-electron chi connectivity index (χ3n) is 1.89. The van der Waals surface area contributed by atoms with E-state index in [1.807, 2.05) is 5.43 Å². The van der Waals surface area contributed by atoms with Gasteiger partial charge in [0.2, 0.25) is 0 Å². The van der Waals surface area contributed by atoms with Crippen LogP contribution in [0.25, 0.3) is 0 Å². The normalized spacial score (nSPS) is 13.9. The highest BCUT2D eigenvalue weighted by molar-refractivity contribution is 7.83. The van der Waals surface area contributed by atoms with Crippen molar-refractivity contribution in [1.29, 1.82) is 0 Å². The molecule has 0 saturated carbocycles. The fourth-order valence-corrected chi connectivity index (χ4v) is 1.42. The number of carbonyl (C=O) groups is 1. The Morgan fingerprint density at radius 1 is 1.50 bits per heavy atom. The molecule has 0 fully saturated rings. The lowest BCUT2D eigenvalue weighted by Gasteiger charge is -2.18. The number of alkyl halides is 1. The van der Waals surface area contributed by atoms with E-state index in [0.717, 1.165) is 0 Å². The first-order chi connectivity index (χ1) is 7.39. The Bertz CT molecular complexity index is 421. The molecule has 0 heterocycles. The first-order valence-electron chi connectivity index (χ1n) is 4.07. The average molecular weight is 262 g/mol. The molecule has 1 amide bonds. The zero-order chi connectivity index (χ0) is 12.3. The number of nitrogens with two attached hydrogens (primary N) is 1. The van der Waals surface area contributed by atoms with E-state index in [9.17, 15) is 14.9 Å². The Morgan fingerprint density at radius 3 is 2.38 bits per heavy atom. The lowest BCUT2D eigenvalue weighted by Crippen LogP contribution is -2.40. The number of amides is 1. The van der Waals surface area contributed by atoms with E-state index in [1.165, 1.54) is 24.3 Å². The molecule has 3 N–H and O–H groups in total. The summed E-state index contributed by atoms with van der Waals surface area (Å²) in [5.74, 6) is 4.22. The number of nitro benzene ring substituents is 1. The van der Waals surface area contributed by atoms with Crippen molar-refractivity contribution in [3.8, 4) is 0 Å². The van der Waals surface area contributed by atoms with Crippen LogP contribution in [0.5, 0.6) is 0 Å². The molecule has 86 valence electrons. The fourth-order valence-electron chi connectivity index (χ4n) is 1.03. The van der Waals surface area contributed by atoms with Crippen molar-refractivity contribution < 1.29 is 9.72 Å². The Labute approximate surface area is 101 Å². The first-order valence-corrected chi connectivity index (χ1v) is 4.89. The van der Waals surface area contributed by atoms with Crippen LogP contribution in [-0.2, 0) is 9.00 Å². The van der Waals surface area contributed by atoms with Crippen LogP contribution in [0.3, 0.4) is 0 Å². The molecule has 0 bridgehead atoms. The van der Waals surface area contributed by atoms with Gasteiger partial charge in [0.1, 0.15) is 0 Å². The lowest BCUT2D eigenvalue weighted by molar-refractivity contribution is -0.384. The summed E-state index contributed by atoms with van der Waals surface area (Å²) in [6.45, 7) is 0. The Balaban J connectivity index is 3.06. The average Bonchev–Trinajstić information content (AvgIpc) is 2.28. The van der Waals surface area contributed by atoms with Crippen molar-refractivity contribution in [3.05, 3.63) is 39.9 Å². The topological polar surface area (TPSA) is 98.3 Å². The van der Waals surface area contributed by atoms with Crippen LogP contribution < -0.4 is 11.3 Å². The van der Waals surface area contributed by atoms with Crippen molar-refractivity contribution in [2.24, 2.45) is 5.84 Å². The van der Waals surface area contributed by atoms with Crippen LogP contribution in [-0.4, -0.2) is 10.8 Å². The molecular weight excluding hydrogens is 254 g/mol. The second kappa shape index (κ2) is 4.69. The highest BCUT2D eigenvalue weighted by atomic mass is 35.5. The Hall–Kier alpha value is -1.31. The van der Waals surface area contributed by atoms with Crippen molar-refractivity contribution in [2.75, 3.05) is 0 Å². The molecule has 1 aromatic carbocycles. The van der Waals surface area contributed by atoms with Crippen molar-refractivity contribution in [2.45, 2.75) is 4.21 Å². The second-order valence-electron chi connectivity index (χ2n) is 2.90. The number of nitrogens with one attached hydrogen (secondary N) is 1. The predicted molar refractivity (Wildman–Crippen MR) is 61.9 cm³/mol. The predicted octanol–water partition coefficient (Wildman–Crippen LogP) is 0.906. The van der Waals surface area contributed by atoms with Gasteiger partial charge in [-0.1, -0.05) is 11.6 Å². The summed E-state index contributed by atoms with van der Waals surface area (Å²) in [5.41, 5.74) is 2.06. The summed E-state index contributed by atoms with van der Waals surface area (Å²) in [6.07, 6.45) is 0. The molecule has 1 rings (SSSR count). The molecule has 1 aromatic rings. The van der Waals surface area contributed by atoms with Crippen LogP contribution in [0, 0.1) is 10.1 Å². The quantitative estimate of drug-likeness (QED) is 0.188. The molecule has 6 nitrogen and oxygen atoms in total. The number of non-ortho nitro benzene ring substituents is 1. The van der Waals surface area contributed by atoms with Gasteiger partial charge < -0.3 is 0 Å². The molecule has 16 heavy (non-hydrogen) atoms. The maximum absolute atomic E-state index is 11.3. The molecule has 0 saturated heterocycles. The van der Waals surface area contributed by atoms with Gasteiger partial charge in [-0.2, -0.15) is 0 Å². The number of carbonyl (C=O) groups excluding carboxylic acids is 1. The molecule has 0 aliphatic carbocycles. The minimum atomic E-state index is -1.65. The number of halogens is 1. The lowest BCUT2D eigenvalue weighted by atomic mass is 10.1. The van der Waals surface area contributed by atoms with Gasteiger partial charge in [0.25, 0.3) is 11.6 Å². The molecule has 1 unspecified atom stereocenters. The van der Waals surface area contributed by atoms with Gasteiger partial charge in [-0.25, -0.2) is 5.84 Å². The Morgan fingerprint density at radius 2 is 2.00 bits per heavy atom. The van der Waals surface area contributed by atoms with E-state index < -0.39 is 15.0 Å². The molecule has 0 aliphatic heterocycles. The highest BCUT2D eigenvalue weighted by Crippen LogP contribution is 2.34. The number of nitro groups is 1. The number of thiol groups is 1. The third-order valence-corrected chi connectivity index (χ3v) is 2.74. The van der Waals surface area contributed by atoms with Crippen molar-refractivity contribution in [1.82, 2.24) is 5.43 Å². The largest absolute Gasteiger partial charge is 0.292 e. The van der Waals surface area contributed by atoms with Crippen LogP contribution in [0.1, 0.15) is 5.56 Å². The molecule has 0 radical (unpaired) electrons. The number of hydrogen-bond acceptors (Lipinski definition) is 5. The molecule has 0 aromatic heterocycles. The van der Waals surface area contributed by atoms with Crippen LogP contribution >= 0.6 is 24.2 Å². The molecule has 8 heteroatoms. The van der Waals surface area contributed by atoms with Gasteiger partial charge in [0, 0.05) is 12.1 Å². The van der Waals surface area contributed by atoms with Gasteiger partial charge in [0.15, 0.2) is 4.21 Å². The molecular formula is C8H8ClN3O3S. The van der Waals surface area contributed by atoms with Crippen molar-refractivity contribution in [3.63, 3.8) is 0 Å². The number of nitrogens with zero attached hydrogens (tertiary/aromatic N) is 1. The Kier molecular flexibility index (Phi) is 3.74. The smallest absolute Gasteiger partial charge is 0.269 e. The number of hydrazine groups is 1. The van der Waals surface area contributed by atoms with E-state index >= 15 is 0 Å². The number of hydrogen-bond donors (Lipinski definition) is 3. The zero-order valence-electron chi connectivity index (χ0n) is 7.88. The fraction of sp³-hybridized carbons (Fsp3) is 0.125. The van der Waals surface area contributed by atoms with E-state index in [-0.39, 0.29) is 5.69 Å². The summed E-state index contributed by atoms with van der Waals surface area (Å²) in [4.78, 5) is 21.1. The standard InChI is InChI=1S/C8H8ClN3O3S/c9-8(16,7(13)11-10)5-1-3-6(4-2-5)12(14)15/h1-4,16H,10H2,(H,11,13). The summed E-state index contributed by atoms with van der Waals surface area (Å²) in [7, 11) is 0. The minimum Gasteiger partial charge on any atom is -0.292 e. The third kappa shape index (κ3) is 2.43. The highest BCUT2D eigenvalue weighted by Gasteiger charge is 2.33. The van der Waals surface area contributed by atoms with Crippen LogP contribution in [0.4, 0.5) is 5.69 Å². The monoisotopic (exact) mass is 261 g/mol. The summed E-state index contributed by atoms with van der Waals surface area (Å²) < 4.78 is -1.65. The number of benzene rings is 1. The SMILES string of the molecule is NNC(=O)C(S)(Cl)c1ccc([N+](=O)[O-])cc1. The van der Waals surface area contributed by atoms with Gasteiger partial charge in [-0.3, -0.25) is 20.3 Å². The number of rotatable bonds is 3. The summed E-state index contributed by atoms with van der Waals surface area (Å²) >= 11 is 9.79. The van der Waals surface area contributed by atoms with E-state index in [2.05, 4.69) is 12.6 Å². The van der Waals surface area contributed by atoms with Crippen LogP contribution in [0.2, 0.25) is 0 Å². The van der Waals surface area contributed by atoms with Crippen LogP contribution in [0.15, 0.2) is 24.3 Å². The van der Waals surface area contributed by atoms with E-state index in [1.54, 1.807) is 0 Å². The van der Waals surface area contributed by atoms with Gasteiger partial charge in [-0.05, 0) is 17.7 Å². The van der Waals surface area contributed by atoms with Crippen molar-refractivity contribution >= 4 is 35.8 Å². The first kappa shape index (κ1) is 12.8. The van der Waals surface area contributed by atoms with E-state index in [0.29, 0.717) is 5.56 Å². The van der Waals surface area contributed by atoms with Gasteiger partial charge in [0.05, 0.1) is 4.92 Å². The summed E-state index contributed by atoms with van der Waals surface area (Å²) in [5, 5.41) is 10.4. The maximum atomic E-state index is 11.3. The minimum absolute atomic E-state index is 0.0993. The molecule has 1 atom stereocenters. The summed E-state index contributed by atoms with van der Waals surface area (Å²) in [6, 6.07) is 5.14. The van der Waals surface area contributed by atoms with Gasteiger partial charge >= 0.3 is 0 Å². The second-order valence-corrected chi connectivity index (χ2v) is 4.40. The maximum Gasteiger partial charge on any atom is 0.269 e. The van der Waals surface area contributed by atoms with Gasteiger partial charge in [-0.15, -0.1) is 12.6 Å². The molecule has 0 aliphatic rings.